The minimum absolute atomic E-state index is 0.0354. The number of pyridine rings is 1. The van der Waals surface area contributed by atoms with Gasteiger partial charge in [0.2, 0.25) is 5.43 Å². The Kier molecular flexibility index (Phi) is 3.51. The van der Waals surface area contributed by atoms with Gasteiger partial charge in [0.25, 0.3) is 5.56 Å². The zero-order valence-electron chi connectivity index (χ0n) is 14.2. The first kappa shape index (κ1) is 16.8. The minimum atomic E-state index is -1.08. The molecule has 0 saturated heterocycles. The molecule has 4 aromatic rings. The second kappa shape index (κ2) is 5.84. The molecule has 138 valence electrons. The summed E-state index contributed by atoms with van der Waals surface area (Å²) in [6, 6.07) is 10.6. The number of alkyl halides is 1. The number of benzene rings is 2. The Morgan fingerprint density at radius 3 is 2.75 bits per heavy atom. The first-order valence-electron chi connectivity index (χ1n) is 8.53. The summed E-state index contributed by atoms with van der Waals surface area (Å²) < 4.78 is 33.0. The van der Waals surface area contributed by atoms with E-state index in [4.69, 9.17) is 5.26 Å². The molecule has 0 radical (unpaired) electrons. The van der Waals surface area contributed by atoms with E-state index in [2.05, 4.69) is 4.37 Å². The van der Waals surface area contributed by atoms with Gasteiger partial charge in [-0.1, -0.05) is 12.1 Å². The maximum Gasteiger partial charge on any atom is 0.271 e. The van der Waals surface area contributed by atoms with Gasteiger partial charge in [-0.2, -0.15) is 5.26 Å². The van der Waals surface area contributed by atoms with Gasteiger partial charge in [-0.3, -0.25) is 14.0 Å². The summed E-state index contributed by atoms with van der Waals surface area (Å²) >= 11 is 0.974. The molecule has 5 nitrogen and oxygen atoms in total. The molecule has 2 aromatic carbocycles. The van der Waals surface area contributed by atoms with Crippen LogP contribution in [0.2, 0.25) is 0 Å². The second-order valence-electron chi connectivity index (χ2n) is 6.77. The monoisotopic (exact) mass is 395 g/mol. The molecule has 1 aliphatic rings. The number of aromatic amines is 1. The van der Waals surface area contributed by atoms with Crippen molar-refractivity contribution in [3.8, 4) is 17.2 Å². The summed E-state index contributed by atoms with van der Waals surface area (Å²) in [6.07, 6.45) is -0.808. The molecule has 5 rings (SSSR count). The highest BCUT2D eigenvalue weighted by Crippen LogP contribution is 2.43. The molecule has 0 amide bonds. The molecule has 2 atom stereocenters. The fourth-order valence-corrected chi connectivity index (χ4v) is 4.49. The number of nitrogens with one attached hydrogen (secondary N) is 1. The lowest BCUT2D eigenvalue weighted by atomic mass is 10.0. The highest BCUT2D eigenvalue weighted by atomic mass is 32.1. The standard InChI is InChI=1S/C20H11F2N3O2S/c21-13-5-12-15(6-11(13)10-3-1-2-9(4-10)8-23)25(16-7-14(16)22)20-17(18(12)26)19(27)24-28-20/h1-6,14,16H,7H2,(H,24,27). The molecular weight excluding hydrogens is 384 g/mol. The van der Waals surface area contributed by atoms with Crippen LogP contribution in [0.1, 0.15) is 18.0 Å². The van der Waals surface area contributed by atoms with Gasteiger partial charge in [-0.05, 0) is 41.4 Å². The fourth-order valence-electron chi connectivity index (χ4n) is 3.58. The van der Waals surface area contributed by atoms with Crippen molar-refractivity contribution < 1.29 is 8.78 Å². The van der Waals surface area contributed by atoms with Crippen LogP contribution < -0.4 is 11.0 Å². The number of nitrogens with zero attached hydrogens (tertiary/aromatic N) is 2. The highest BCUT2D eigenvalue weighted by molar-refractivity contribution is 7.12. The van der Waals surface area contributed by atoms with Crippen molar-refractivity contribution in [2.24, 2.45) is 0 Å². The van der Waals surface area contributed by atoms with Gasteiger partial charge in [0.05, 0.1) is 23.2 Å². The van der Waals surface area contributed by atoms with E-state index in [1.807, 2.05) is 6.07 Å². The average molecular weight is 395 g/mol. The van der Waals surface area contributed by atoms with E-state index in [1.54, 1.807) is 28.8 Å². The van der Waals surface area contributed by atoms with E-state index in [9.17, 15) is 18.4 Å². The van der Waals surface area contributed by atoms with Crippen molar-refractivity contribution in [3.05, 3.63) is 68.4 Å². The molecule has 1 saturated carbocycles. The van der Waals surface area contributed by atoms with Gasteiger partial charge >= 0.3 is 0 Å². The Hall–Kier alpha value is -3.31. The number of hydrogen-bond acceptors (Lipinski definition) is 4. The maximum atomic E-state index is 14.9. The van der Waals surface area contributed by atoms with Crippen molar-refractivity contribution in [1.29, 1.82) is 5.26 Å². The Morgan fingerprint density at radius 1 is 1.25 bits per heavy atom. The fraction of sp³-hybridized carbons (Fsp3) is 0.150. The summed E-state index contributed by atoms with van der Waals surface area (Å²) in [4.78, 5) is 25.3. The third-order valence-electron chi connectivity index (χ3n) is 5.03. The number of nitriles is 1. The normalized spacial score (nSPS) is 18.5. The van der Waals surface area contributed by atoms with E-state index in [1.165, 1.54) is 6.07 Å². The molecule has 8 heteroatoms. The summed E-state index contributed by atoms with van der Waals surface area (Å²) in [5, 5.41) is 9.06. The van der Waals surface area contributed by atoms with Crippen LogP contribution in [0.3, 0.4) is 0 Å². The van der Waals surface area contributed by atoms with E-state index < -0.39 is 29.0 Å². The SMILES string of the molecule is N#Cc1cccc(-c2cc3c(cc2F)c(=O)c2c(=O)[nH]sc2n3C2CC2F)c1. The second-order valence-corrected chi connectivity index (χ2v) is 7.57. The smallest absolute Gasteiger partial charge is 0.271 e. The molecule has 2 unspecified atom stereocenters. The summed E-state index contributed by atoms with van der Waals surface area (Å²) in [6.45, 7) is 0. The van der Waals surface area contributed by atoms with Crippen molar-refractivity contribution in [3.63, 3.8) is 0 Å². The third kappa shape index (κ3) is 2.33. The molecule has 2 aromatic heterocycles. The zero-order valence-corrected chi connectivity index (χ0v) is 15.0. The largest absolute Gasteiger partial charge is 0.324 e. The van der Waals surface area contributed by atoms with E-state index in [0.717, 1.165) is 17.6 Å². The number of rotatable bonds is 2. The molecule has 28 heavy (non-hydrogen) atoms. The molecule has 1 N–H and O–H groups in total. The van der Waals surface area contributed by atoms with Crippen molar-refractivity contribution in [1.82, 2.24) is 8.94 Å². The van der Waals surface area contributed by atoms with Gasteiger partial charge in [0, 0.05) is 17.4 Å². The molecule has 1 aliphatic carbocycles. The Bertz CT molecular complexity index is 1440. The predicted molar refractivity (Wildman–Crippen MR) is 103 cm³/mol. The summed E-state index contributed by atoms with van der Waals surface area (Å²) in [5.41, 5.74) is 0.304. The molecule has 0 bridgehead atoms. The maximum absolute atomic E-state index is 14.9. The van der Waals surface area contributed by atoms with Crippen LogP contribution in [0.4, 0.5) is 8.78 Å². The lowest BCUT2D eigenvalue weighted by Crippen LogP contribution is -2.16. The summed E-state index contributed by atoms with van der Waals surface area (Å²) in [7, 11) is 0. The summed E-state index contributed by atoms with van der Waals surface area (Å²) in [5.74, 6) is -0.648. The first-order valence-corrected chi connectivity index (χ1v) is 9.35. The van der Waals surface area contributed by atoms with Crippen LogP contribution in [0.25, 0.3) is 32.2 Å². The van der Waals surface area contributed by atoms with E-state index >= 15 is 0 Å². The molecule has 0 spiro atoms. The molecular formula is C20H11F2N3O2S. The topological polar surface area (TPSA) is 78.7 Å². The van der Waals surface area contributed by atoms with Crippen LogP contribution >= 0.6 is 11.5 Å². The van der Waals surface area contributed by atoms with Crippen LogP contribution in [0.15, 0.2) is 46.0 Å². The molecule has 1 fully saturated rings. The Labute approximate surface area is 160 Å². The number of fused-ring (bicyclic) bond motifs is 2. The number of H-pyrrole nitrogens is 1. The Morgan fingerprint density at radius 2 is 2.04 bits per heavy atom. The van der Waals surface area contributed by atoms with Crippen molar-refractivity contribution in [2.75, 3.05) is 0 Å². The Balaban J connectivity index is 1.91. The molecule has 0 aliphatic heterocycles. The van der Waals surface area contributed by atoms with Crippen LogP contribution in [-0.4, -0.2) is 15.1 Å². The quantitative estimate of drug-likeness (QED) is 0.560. The van der Waals surface area contributed by atoms with Crippen LogP contribution in [0, 0.1) is 17.1 Å². The highest BCUT2D eigenvalue weighted by Gasteiger charge is 2.41. The first-order chi connectivity index (χ1) is 13.5. The van der Waals surface area contributed by atoms with Crippen LogP contribution in [-0.2, 0) is 0 Å². The predicted octanol–water partition coefficient (Wildman–Crippen LogP) is 3.87. The van der Waals surface area contributed by atoms with E-state index in [0.29, 0.717) is 21.5 Å². The number of halogens is 2. The van der Waals surface area contributed by atoms with Gasteiger partial charge in [0.15, 0.2) is 0 Å². The van der Waals surface area contributed by atoms with Gasteiger partial charge < -0.3 is 4.57 Å². The van der Waals surface area contributed by atoms with Gasteiger partial charge in [-0.25, -0.2) is 8.78 Å². The minimum Gasteiger partial charge on any atom is -0.324 e. The van der Waals surface area contributed by atoms with Crippen LogP contribution in [0.5, 0.6) is 0 Å². The van der Waals surface area contributed by atoms with Crippen molar-refractivity contribution in [2.45, 2.75) is 18.6 Å². The van der Waals surface area contributed by atoms with Crippen molar-refractivity contribution >= 4 is 32.7 Å². The number of hydrogen-bond donors (Lipinski definition) is 1. The lowest BCUT2D eigenvalue weighted by molar-refractivity contribution is 0.447. The zero-order chi connectivity index (χ0) is 19.6. The molecule has 2 heterocycles. The third-order valence-corrected chi connectivity index (χ3v) is 5.91. The van der Waals surface area contributed by atoms with Gasteiger partial charge in [0.1, 0.15) is 22.2 Å². The van der Waals surface area contributed by atoms with E-state index in [-0.39, 0.29) is 22.8 Å². The average Bonchev–Trinajstić information content (AvgIpc) is 3.28. The van der Waals surface area contributed by atoms with Gasteiger partial charge in [-0.15, -0.1) is 0 Å². The number of aromatic nitrogens is 2. The lowest BCUT2D eigenvalue weighted by Gasteiger charge is -2.13.